The van der Waals surface area contributed by atoms with Crippen molar-refractivity contribution < 1.29 is 14.6 Å². The van der Waals surface area contributed by atoms with Crippen molar-refractivity contribution in [1.29, 1.82) is 0 Å². The van der Waals surface area contributed by atoms with Crippen LogP contribution in [0.25, 0.3) is 0 Å². The molecule has 0 radical (unpaired) electrons. The first-order valence-corrected chi connectivity index (χ1v) is 10.0. The predicted octanol–water partition coefficient (Wildman–Crippen LogP) is 1.03. The minimum atomic E-state index is -0.743. The first-order valence-electron chi connectivity index (χ1n) is 10.0. The maximum Gasteiger partial charge on any atom is 0.252 e. The van der Waals surface area contributed by atoms with E-state index in [1.807, 2.05) is 32.2 Å². The number of hydrogen-bond acceptors (Lipinski definition) is 6. The molecule has 1 aromatic rings. The minimum Gasteiger partial charge on any atom is -0.390 e. The number of nitrogens with zero attached hydrogens (tertiary/aromatic N) is 3. The van der Waals surface area contributed by atoms with Crippen LogP contribution in [0.2, 0.25) is 0 Å². The van der Waals surface area contributed by atoms with E-state index in [0.717, 1.165) is 51.4 Å². The standard InChI is InChI=1S/C20H32N4O3/c1-15(2)22-20(26)19-17(25)7-6-16(27-19)8-10-23-11-13-24(14-12-23)18-5-3-4-9-21-18/h3-5,9,15-17,19,25H,6-8,10-14H2,1-2H3,(H,22,26). The summed E-state index contributed by atoms with van der Waals surface area (Å²) in [6.07, 6.45) is 2.73. The zero-order valence-electron chi connectivity index (χ0n) is 16.4. The summed E-state index contributed by atoms with van der Waals surface area (Å²) < 4.78 is 5.93. The molecule has 7 nitrogen and oxygen atoms in total. The fourth-order valence-electron chi connectivity index (χ4n) is 3.76. The van der Waals surface area contributed by atoms with E-state index in [1.165, 1.54) is 0 Å². The number of nitrogens with one attached hydrogen (secondary N) is 1. The van der Waals surface area contributed by atoms with Gasteiger partial charge in [-0.1, -0.05) is 6.07 Å². The summed E-state index contributed by atoms with van der Waals surface area (Å²) in [7, 11) is 0. The Morgan fingerprint density at radius 2 is 2.07 bits per heavy atom. The summed E-state index contributed by atoms with van der Waals surface area (Å²) in [5.41, 5.74) is 0. The Morgan fingerprint density at radius 1 is 1.30 bits per heavy atom. The Kier molecular flexibility index (Phi) is 7.04. The molecule has 0 aromatic carbocycles. The van der Waals surface area contributed by atoms with Crippen LogP contribution in [0.15, 0.2) is 24.4 Å². The highest BCUT2D eigenvalue weighted by molar-refractivity contribution is 5.81. The quantitative estimate of drug-likeness (QED) is 0.772. The number of aliphatic hydroxyl groups is 1. The number of ether oxygens (including phenoxy) is 1. The molecule has 2 saturated heterocycles. The first kappa shape index (κ1) is 20.0. The zero-order chi connectivity index (χ0) is 19.2. The van der Waals surface area contributed by atoms with Crippen LogP contribution in [0.4, 0.5) is 5.82 Å². The number of hydrogen-bond donors (Lipinski definition) is 2. The van der Waals surface area contributed by atoms with Crippen LogP contribution in [0, 0.1) is 0 Å². The predicted molar refractivity (Wildman–Crippen MR) is 105 cm³/mol. The summed E-state index contributed by atoms with van der Waals surface area (Å²) in [6.45, 7) is 8.73. The second-order valence-electron chi connectivity index (χ2n) is 7.79. The highest BCUT2D eigenvalue weighted by Crippen LogP contribution is 2.23. The molecule has 0 spiro atoms. The van der Waals surface area contributed by atoms with Gasteiger partial charge in [-0.25, -0.2) is 4.98 Å². The van der Waals surface area contributed by atoms with E-state index in [1.54, 1.807) is 0 Å². The van der Waals surface area contributed by atoms with E-state index in [0.29, 0.717) is 6.42 Å². The Bertz CT molecular complexity index is 590. The molecule has 0 saturated carbocycles. The van der Waals surface area contributed by atoms with Gasteiger partial charge in [0, 0.05) is 45.0 Å². The zero-order valence-corrected chi connectivity index (χ0v) is 16.4. The van der Waals surface area contributed by atoms with Gasteiger partial charge in [0.1, 0.15) is 5.82 Å². The lowest BCUT2D eigenvalue weighted by Crippen LogP contribution is -2.51. The second kappa shape index (κ2) is 9.48. The third kappa shape index (κ3) is 5.64. The number of aliphatic hydroxyl groups excluding tert-OH is 1. The number of amides is 1. The van der Waals surface area contributed by atoms with Crippen LogP contribution in [0.1, 0.15) is 33.1 Å². The van der Waals surface area contributed by atoms with E-state index < -0.39 is 12.2 Å². The van der Waals surface area contributed by atoms with E-state index in [9.17, 15) is 9.90 Å². The van der Waals surface area contributed by atoms with Gasteiger partial charge in [-0.05, 0) is 45.2 Å². The molecule has 3 atom stereocenters. The van der Waals surface area contributed by atoms with E-state index in [4.69, 9.17) is 4.74 Å². The third-order valence-electron chi connectivity index (χ3n) is 5.28. The van der Waals surface area contributed by atoms with Crippen molar-refractivity contribution in [2.45, 2.75) is 57.5 Å². The number of aromatic nitrogens is 1. The molecule has 27 heavy (non-hydrogen) atoms. The Balaban J connectivity index is 1.42. The number of carbonyl (C=O) groups is 1. The molecule has 2 fully saturated rings. The smallest absolute Gasteiger partial charge is 0.252 e. The maximum atomic E-state index is 12.2. The van der Waals surface area contributed by atoms with Crippen molar-refractivity contribution in [3.8, 4) is 0 Å². The third-order valence-corrected chi connectivity index (χ3v) is 5.28. The SMILES string of the molecule is CC(C)NC(=O)C1OC(CCN2CCN(c3ccccn3)CC2)CCC1O. The maximum absolute atomic E-state index is 12.2. The van der Waals surface area contributed by atoms with Crippen LogP contribution in [-0.4, -0.2) is 78.0 Å². The van der Waals surface area contributed by atoms with Crippen LogP contribution >= 0.6 is 0 Å². The van der Waals surface area contributed by atoms with Crippen LogP contribution in [0.3, 0.4) is 0 Å². The molecule has 0 bridgehead atoms. The first-order chi connectivity index (χ1) is 13.0. The average Bonchev–Trinajstić information content (AvgIpc) is 2.68. The van der Waals surface area contributed by atoms with Crippen molar-refractivity contribution in [3.05, 3.63) is 24.4 Å². The number of anilines is 1. The molecule has 7 heteroatoms. The Hall–Kier alpha value is -1.70. The lowest BCUT2D eigenvalue weighted by molar-refractivity contribution is -0.159. The van der Waals surface area contributed by atoms with E-state index in [2.05, 4.69) is 26.2 Å². The van der Waals surface area contributed by atoms with Gasteiger partial charge in [0.05, 0.1) is 12.2 Å². The average molecular weight is 377 g/mol. The van der Waals surface area contributed by atoms with Gasteiger partial charge in [0.15, 0.2) is 6.10 Å². The summed E-state index contributed by atoms with van der Waals surface area (Å²) in [6, 6.07) is 6.06. The van der Waals surface area contributed by atoms with E-state index in [-0.39, 0.29) is 18.1 Å². The van der Waals surface area contributed by atoms with Gasteiger partial charge in [0.2, 0.25) is 0 Å². The van der Waals surface area contributed by atoms with Crippen LogP contribution in [0.5, 0.6) is 0 Å². The van der Waals surface area contributed by atoms with Crippen molar-refractivity contribution in [3.63, 3.8) is 0 Å². The molecule has 2 N–H and O–H groups in total. The number of pyridine rings is 1. The molecule has 3 heterocycles. The number of piperazine rings is 1. The fraction of sp³-hybridized carbons (Fsp3) is 0.700. The van der Waals surface area contributed by atoms with Gasteiger partial charge >= 0.3 is 0 Å². The highest BCUT2D eigenvalue weighted by Gasteiger charge is 2.35. The molecule has 2 aliphatic heterocycles. The van der Waals surface area contributed by atoms with Gasteiger partial charge in [-0.2, -0.15) is 0 Å². The summed E-state index contributed by atoms with van der Waals surface area (Å²) in [4.78, 5) is 21.4. The molecule has 2 aliphatic rings. The molecule has 3 unspecified atom stereocenters. The van der Waals surface area contributed by atoms with Gasteiger partial charge < -0.3 is 20.1 Å². The molecule has 150 valence electrons. The topological polar surface area (TPSA) is 77.9 Å². The highest BCUT2D eigenvalue weighted by atomic mass is 16.5. The minimum absolute atomic E-state index is 0.0325. The molecule has 1 aromatic heterocycles. The second-order valence-corrected chi connectivity index (χ2v) is 7.79. The molecular formula is C20H32N4O3. The lowest BCUT2D eigenvalue weighted by Gasteiger charge is -2.37. The van der Waals surface area contributed by atoms with Gasteiger partial charge in [-0.3, -0.25) is 9.69 Å². The Labute approximate surface area is 161 Å². The number of carbonyl (C=O) groups excluding carboxylic acids is 1. The largest absolute Gasteiger partial charge is 0.390 e. The number of rotatable bonds is 6. The molecular weight excluding hydrogens is 344 g/mol. The summed E-state index contributed by atoms with van der Waals surface area (Å²) in [5, 5.41) is 13.0. The van der Waals surface area contributed by atoms with Crippen molar-refractivity contribution >= 4 is 11.7 Å². The van der Waals surface area contributed by atoms with Crippen molar-refractivity contribution in [2.75, 3.05) is 37.6 Å². The van der Waals surface area contributed by atoms with Gasteiger partial charge in [0.25, 0.3) is 5.91 Å². The summed E-state index contributed by atoms with van der Waals surface area (Å²) >= 11 is 0. The van der Waals surface area contributed by atoms with Gasteiger partial charge in [-0.15, -0.1) is 0 Å². The van der Waals surface area contributed by atoms with E-state index >= 15 is 0 Å². The lowest BCUT2D eigenvalue weighted by atomic mass is 9.98. The summed E-state index contributed by atoms with van der Waals surface area (Å²) in [5.74, 6) is 0.840. The molecule has 3 rings (SSSR count). The molecule has 1 amide bonds. The molecule has 0 aliphatic carbocycles. The van der Waals surface area contributed by atoms with Crippen molar-refractivity contribution in [1.82, 2.24) is 15.2 Å². The Morgan fingerprint density at radius 3 is 2.74 bits per heavy atom. The van der Waals surface area contributed by atoms with Crippen LogP contribution < -0.4 is 10.2 Å². The van der Waals surface area contributed by atoms with Crippen LogP contribution in [-0.2, 0) is 9.53 Å². The van der Waals surface area contributed by atoms with Crippen molar-refractivity contribution in [2.24, 2.45) is 0 Å². The fourth-order valence-corrected chi connectivity index (χ4v) is 3.76. The monoisotopic (exact) mass is 376 g/mol. The normalized spacial score (nSPS) is 27.0.